The maximum absolute atomic E-state index is 13.1. The normalized spacial score (nSPS) is 33.6. The highest BCUT2D eigenvalue weighted by molar-refractivity contribution is 4.90. The molecule has 3 rings (SSSR count). The van der Waals surface area contributed by atoms with Gasteiger partial charge in [0.15, 0.2) is 0 Å². The predicted octanol–water partition coefficient (Wildman–Crippen LogP) is 1.45. The summed E-state index contributed by atoms with van der Waals surface area (Å²) in [5, 5.41) is 0. The summed E-state index contributed by atoms with van der Waals surface area (Å²) < 4.78 is 26.2. The number of fused-ring (bicyclic) bond motifs is 3. The van der Waals surface area contributed by atoms with E-state index in [0.717, 1.165) is 19.4 Å². The summed E-state index contributed by atoms with van der Waals surface area (Å²) in [4.78, 5) is 1.95. The molecule has 0 amide bonds. The Morgan fingerprint density at radius 1 is 1.21 bits per heavy atom. The summed E-state index contributed by atoms with van der Waals surface area (Å²) in [5.74, 6) is -2.04. The van der Waals surface area contributed by atoms with E-state index in [1.165, 1.54) is 12.8 Å². The topological polar surface area (TPSA) is 29.3 Å². The third-order valence-corrected chi connectivity index (χ3v) is 3.56. The minimum absolute atomic E-state index is 0.134. The number of hydrogen-bond donors (Lipinski definition) is 1. The number of alkyl halides is 2. The van der Waals surface area contributed by atoms with E-state index in [9.17, 15) is 8.78 Å². The second-order valence-corrected chi connectivity index (χ2v) is 4.66. The molecule has 3 aliphatic rings. The fourth-order valence-electron chi connectivity index (χ4n) is 2.73. The fraction of sp³-hybridized carbons (Fsp3) is 1.00. The van der Waals surface area contributed by atoms with Crippen LogP contribution in [0.1, 0.15) is 25.7 Å². The smallest absolute Gasteiger partial charge is 0.272 e. The number of nitrogens with two attached hydrogens (primary N) is 1. The zero-order valence-electron chi connectivity index (χ0n) is 8.38. The zero-order chi connectivity index (χ0) is 10.2. The van der Waals surface area contributed by atoms with Gasteiger partial charge in [-0.3, -0.25) is 4.90 Å². The largest absolute Gasteiger partial charge is 0.325 e. The van der Waals surface area contributed by atoms with Gasteiger partial charge in [-0.25, -0.2) is 8.78 Å². The van der Waals surface area contributed by atoms with Gasteiger partial charge in [0.25, 0.3) is 5.92 Å². The lowest BCUT2D eigenvalue weighted by Gasteiger charge is -2.46. The van der Waals surface area contributed by atoms with Crippen molar-refractivity contribution in [1.82, 2.24) is 4.90 Å². The van der Waals surface area contributed by atoms with E-state index in [1.54, 1.807) is 0 Å². The lowest BCUT2D eigenvalue weighted by atomic mass is 9.80. The van der Waals surface area contributed by atoms with Crippen LogP contribution in [0, 0.1) is 5.92 Å². The highest BCUT2D eigenvalue weighted by atomic mass is 19.3. The molecule has 0 aromatic heterocycles. The van der Waals surface area contributed by atoms with Crippen LogP contribution in [0.15, 0.2) is 0 Å². The van der Waals surface area contributed by atoms with Crippen LogP contribution >= 0.6 is 0 Å². The Balaban J connectivity index is 1.92. The average molecular weight is 204 g/mol. The van der Waals surface area contributed by atoms with Gasteiger partial charge >= 0.3 is 0 Å². The Labute approximate surface area is 83.4 Å². The predicted molar refractivity (Wildman–Crippen MR) is 51.3 cm³/mol. The second-order valence-electron chi connectivity index (χ2n) is 4.66. The minimum Gasteiger partial charge on any atom is -0.325 e. The van der Waals surface area contributed by atoms with Crippen molar-refractivity contribution in [1.29, 1.82) is 0 Å². The number of rotatable bonds is 3. The molecule has 2 saturated heterocycles. The number of nitrogens with zero attached hydrogens (tertiary/aromatic N) is 1. The van der Waals surface area contributed by atoms with Gasteiger partial charge in [0, 0.05) is 12.6 Å². The van der Waals surface area contributed by atoms with Crippen molar-refractivity contribution in [2.75, 3.05) is 19.6 Å². The van der Waals surface area contributed by atoms with Gasteiger partial charge in [-0.05, 0) is 31.6 Å². The average Bonchev–Trinajstić information content (AvgIpc) is 2.19. The molecule has 14 heavy (non-hydrogen) atoms. The number of piperidine rings is 2. The third kappa shape index (κ3) is 2.06. The third-order valence-electron chi connectivity index (χ3n) is 3.56. The van der Waals surface area contributed by atoms with Gasteiger partial charge in [-0.2, -0.15) is 0 Å². The van der Waals surface area contributed by atoms with Gasteiger partial charge in [0.1, 0.15) is 0 Å². The van der Waals surface area contributed by atoms with E-state index in [0.29, 0.717) is 12.0 Å². The Morgan fingerprint density at radius 3 is 2.29 bits per heavy atom. The maximum atomic E-state index is 13.1. The zero-order valence-corrected chi connectivity index (χ0v) is 8.38. The Morgan fingerprint density at radius 2 is 1.86 bits per heavy atom. The molecule has 82 valence electrons. The molecule has 2 aliphatic heterocycles. The van der Waals surface area contributed by atoms with Crippen LogP contribution in [0.5, 0.6) is 0 Å². The van der Waals surface area contributed by atoms with Gasteiger partial charge in [-0.1, -0.05) is 0 Å². The first kappa shape index (κ1) is 10.3. The van der Waals surface area contributed by atoms with E-state index in [2.05, 4.69) is 0 Å². The first-order valence-electron chi connectivity index (χ1n) is 5.43. The second kappa shape index (κ2) is 3.74. The summed E-state index contributed by atoms with van der Waals surface area (Å²) in [5.41, 5.74) is 5.04. The van der Waals surface area contributed by atoms with Crippen LogP contribution in [-0.4, -0.2) is 36.5 Å². The van der Waals surface area contributed by atoms with E-state index in [-0.39, 0.29) is 6.54 Å². The van der Waals surface area contributed by atoms with Gasteiger partial charge < -0.3 is 5.73 Å². The Kier molecular flexibility index (Phi) is 2.75. The lowest BCUT2D eigenvalue weighted by molar-refractivity contribution is -0.0622. The van der Waals surface area contributed by atoms with Gasteiger partial charge in [0.2, 0.25) is 0 Å². The van der Waals surface area contributed by atoms with Crippen LogP contribution in [0.3, 0.4) is 0 Å². The van der Waals surface area contributed by atoms with Crippen LogP contribution in [0.2, 0.25) is 0 Å². The molecule has 3 fully saturated rings. The summed E-state index contributed by atoms with van der Waals surface area (Å²) in [6, 6.07) is 0.400. The molecule has 0 spiro atoms. The van der Waals surface area contributed by atoms with Gasteiger partial charge in [0.05, 0.1) is 13.1 Å². The molecule has 0 atom stereocenters. The summed E-state index contributed by atoms with van der Waals surface area (Å²) in [6.45, 7) is 0.200. The Hall–Kier alpha value is -0.220. The van der Waals surface area contributed by atoms with E-state index >= 15 is 0 Å². The molecule has 0 aromatic carbocycles. The summed E-state index contributed by atoms with van der Waals surface area (Å²) >= 11 is 0. The molecule has 2 heterocycles. The summed E-state index contributed by atoms with van der Waals surface area (Å²) in [7, 11) is 0. The number of halogens is 2. The number of hydrogen-bond acceptors (Lipinski definition) is 2. The molecule has 1 aliphatic carbocycles. The van der Waals surface area contributed by atoms with Gasteiger partial charge in [-0.15, -0.1) is 0 Å². The highest BCUT2D eigenvalue weighted by Crippen LogP contribution is 2.35. The van der Waals surface area contributed by atoms with E-state index < -0.39 is 12.5 Å². The van der Waals surface area contributed by atoms with Crippen LogP contribution in [-0.2, 0) is 0 Å². The first-order valence-corrected chi connectivity index (χ1v) is 5.43. The summed E-state index contributed by atoms with van der Waals surface area (Å²) in [6.07, 6.45) is 4.67. The standard InChI is InChI=1S/C10H18F2N2/c11-10(12,6-13)7-14-5-8-1-3-9(14)4-2-8/h8-9H,1-7,13H2. The van der Waals surface area contributed by atoms with Crippen LogP contribution < -0.4 is 5.73 Å². The van der Waals surface area contributed by atoms with Crippen molar-refractivity contribution >= 4 is 0 Å². The highest BCUT2D eigenvalue weighted by Gasteiger charge is 2.39. The molecule has 2 bridgehead atoms. The SMILES string of the molecule is NCC(F)(F)CN1CC2CCC1CC2. The minimum atomic E-state index is -2.70. The lowest BCUT2D eigenvalue weighted by Crippen LogP contribution is -2.53. The molecular formula is C10H18F2N2. The van der Waals surface area contributed by atoms with Crippen LogP contribution in [0.4, 0.5) is 8.78 Å². The van der Waals surface area contributed by atoms with Crippen molar-refractivity contribution < 1.29 is 8.78 Å². The van der Waals surface area contributed by atoms with Crippen molar-refractivity contribution in [2.45, 2.75) is 37.6 Å². The maximum Gasteiger partial charge on any atom is 0.272 e. The monoisotopic (exact) mass is 204 g/mol. The molecule has 0 radical (unpaired) electrons. The molecule has 0 unspecified atom stereocenters. The first-order chi connectivity index (χ1) is 6.61. The molecule has 4 heteroatoms. The Bertz CT molecular complexity index is 200. The molecule has 1 saturated carbocycles. The van der Waals surface area contributed by atoms with Crippen molar-refractivity contribution in [3.8, 4) is 0 Å². The molecule has 0 aromatic rings. The van der Waals surface area contributed by atoms with Crippen molar-refractivity contribution in [3.63, 3.8) is 0 Å². The molecule has 2 N–H and O–H groups in total. The van der Waals surface area contributed by atoms with Crippen molar-refractivity contribution in [3.05, 3.63) is 0 Å². The quantitative estimate of drug-likeness (QED) is 0.754. The fourth-order valence-corrected chi connectivity index (χ4v) is 2.73. The van der Waals surface area contributed by atoms with Crippen molar-refractivity contribution in [2.24, 2.45) is 11.7 Å². The van der Waals surface area contributed by atoms with E-state index in [1.807, 2.05) is 4.90 Å². The van der Waals surface area contributed by atoms with Crippen LogP contribution in [0.25, 0.3) is 0 Å². The van der Waals surface area contributed by atoms with E-state index in [4.69, 9.17) is 5.73 Å². The molecular weight excluding hydrogens is 186 g/mol. The molecule has 2 nitrogen and oxygen atoms in total.